The Kier molecular flexibility index (Phi) is 5.19. The number of hydrogen-bond acceptors (Lipinski definition) is 3. The second-order valence-corrected chi connectivity index (χ2v) is 8.16. The Bertz CT molecular complexity index is 1060. The highest BCUT2D eigenvalue weighted by Gasteiger charge is 2.48. The van der Waals surface area contributed by atoms with Gasteiger partial charge in [0, 0.05) is 11.3 Å². The predicted molar refractivity (Wildman–Crippen MR) is 113 cm³/mol. The first-order chi connectivity index (χ1) is 13.8. The number of nitrogens with one attached hydrogen (secondary N) is 1. The third kappa shape index (κ3) is 3.68. The van der Waals surface area contributed by atoms with Crippen molar-refractivity contribution in [2.24, 2.45) is 11.8 Å². The molecule has 29 heavy (non-hydrogen) atoms. The summed E-state index contributed by atoms with van der Waals surface area (Å²) in [6.45, 7) is 1.98. The number of imide groups is 1. The third-order valence-electron chi connectivity index (χ3n) is 5.37. The molecule has 7 heteroatoms. The van der Waals surface area contributed by atoms with Gasteiger partial charge in [-0.1, -0.05) is 40.9 Å². The smallest absolute Gasteiger partial charge is 0.255 e. The van der Waals surface area contributed by atoms with Crippen molar-refractivity contribution < 1.29 is 14.4 Å². The minimum absolute atomic E-state index is 0.200. The third-order valence-corrected chi connectivity index (χ3v) is 6.11. The maximum Gasteiger partial charge on any atom is 0.255 e. The zero-order chi connectivity index (χ0) is 20.7. The molecule has 0 spiro atoms. The highest BCUT2D eigenvalue weighted by atomic mass is 35.5. The minimum Gasteiger partial charge on any atom is -0.322 e. The molecule has 148 valence electrons. The van der Waals surface area contributed by atoms with Crippen LogP contribution in [0.3, 0.4) is 0 Å². The van der Waals surface area contributed by atoms with E-state index < -0.39 is 0 Å². The molecule has 1 aliphatic heterocycles. The lowest BCUT2D eigenvalue weighted by molar-refractivity contribution is -0.122. The molecule has 1 saturated heterocycles. The van der Waals surface area contributed by atoms with Crippen LogP contribution in [0.2, 0.25) is 10.0 Å². The summed E-state index contributed by atoms with van der Waals surface area (Å²) in [5, 5.41) is 3.47. The van der Waals surface area contributed by atoms with Gasteiger partial charge in [-0.3, -0.25) is 19.3 Å². The summed E-state index contributed by atoms with van der Waals surface area (Å²) >= 11 is 11.9. The van der Waals surface area contributed by atoms with Crippen molar-refractivity contribution in [3.05, 3.63) is 69.7 Å². The number of benzene rings is 2. The maximum absolute atomic E-state index is 12.9. The van der Waals surface area contributed by atoms with Crippen LogP contribution >= 0.6 is 23.2 Å². The summed E-state index contributed by atoms with van der Waals surface area (Å²) in [6, 6.07) is 11.3. The second kappa shape index (κ2) is 7.65. The normalized spacial score (nSPS) is 21.1. The fourth-order valence-electron chi connectivity index (χ4n) is 3.86. The van der Waals surface area contributed by atoms with E-state index in [2.05, 4.69) is 5.32 Å². The van der Waals surface area contributed by atoms with E-state index >= 15 is 0 Å². The zero-order valence-electron chi connectivity index (χ0n) is 15.6. The summed E-state index contributed by atoms with van der Waals surface area (Å²) in [4.78, 5) is 39.6. The van der Waals surface area contributed by atoms with E-state index in [1.165, 1.54) is 4.90 Å². The Labute approximate surface area is 178 Å². The highest BCUT2D eigenvalue weighted by molar-refractivity contribution is 6.42. The van der Waals surface area contributed by atoms with Crippen LogP contribution in [0.25, 0.3) is 0 Å². The van der Waals surface area contributed by atoms with E-state index in [4.69, 9.17) is 23.2 Å². The van der Waals surface area contributed by atoms with Crippen molar-refractivity contribution in [2.75, 3.05) is 10.2 Å². The monoisotopic (exact) mass is 428 g/mol. The summed E-state index contributed by atoms with van der Waals surface area (Å²) in [6.07, 6.45) is 3.20. The molecule has 2 aromatic rings. The van der Waals surface area contributed by atoms with Crippen LogP contribution in [0.1, 0.15) is 30.1 Å². The molecule has 1 fully saturated rings. The molecule has 1 N–H and O–H groups in total. The number of rotatable bonds is 3. The van der Waals surface area contributed by atoms with E-state index in [1.54, 1.807) is 42.5 Å². The number of amides is 3. The van der Waals surface area contributed by atoms with Crippen LogP contribution in [-0.2, 0) is 9.59 Å². The molecule has 2 aromatic carbocycles. The number of nitrogens with zero attached hydrogens (tertiary/aromatic N) is 1. The minimum atomic E-state index is -0.376. The zero-order valence-corrected chi connectivity index (χ0v) is 17.1. The summed E-state index contributed by atoms with van der Waals surface area (Å²) in [5.74, 6) is -1.42. The average molecular weight is 429 g/mol. The largest absolute Gasteiger partial charge is 0.322 e. The lowest BCUT2D eigenvalue weighted by Gasteiger charge is -2.18. The van der Waals surface area contributed by atoms with Gasteiger partial charge in [-0.15, -0.1) is 0 Å². The number of carbonyl (C=O) groups is 3. The second-order valence-electron chi connectivity index (χ2n) is 7.35. The van der Waals surface area contributed by atoms with E-state index in [0.29, 0.717) is 39.8 Å². The number of anilines is 2. The van der Waals surface area contributed by atoms with Crippen molar-refractivity contribution in [3.63, 3.8) is 0 Å². The van der Waals surface area contributed by atoms with Gasteiger partial charge < -0.3 is 5.32 Å². The number of allylic oxidation sites excluding steroid dienone is 2. The van der Waals surface area contributed by atoms with Gasteiger partial charge in [0.05, 0.1) is 27.6 Å². The van der Waals surface area contributed by atoms with Gasteiger partial charge in [-0.05, 0) is 56.2 Å². The molecule has 0 unspecified atom stereocenters. The van der Waals surface area contributed by atoms with Crippen molar-refractivity contribution in [3.8, 4) is 0 Å². The molecule has 0 bridgehead atoms. The van der Waals surface area contributed by atoms with Crippen LogP contribution < -0.4 is 10.2 Å². The summed E-state index contributed by atoms with van der Waals surface area (Å²) in [7, 11) is 0. The first-order valence-electron chi connectivity index (χ1n) is 9.25. The molecule has 0 saturated carbocycles. The Morgan fingerprint density at radius 3 is 2.55 bits per heavy atom. The first-order valence-corrected chi connectivity index (χ1v) is 10.0. The van der Waals surface area contributed by atoms with Gasteiger partial charge in [0.15, 0.2) is 0 Å². The number of carbonyl (C=O) groups excluding carboxylic acids is 3. The SMILES string of the molecule is CC1=CC[C@@H]2C(=O)N(c3cccc(C(=O)Nc4ccc(Cl)c(Cl)c4)c3)C(=O)[C@H]2C1. The van der Waals surface area contributed by atoms with Gasteiger partial charge in [0.1, 0.15) is 0 Å². The molecule has 2 atom stereocenters. The van der Waals surface area contributed by atoms with Crippen LogP contribution in [-0.4, -0.2) is 17.7 Å². The van der Waals surface area contributed by atoms with Crippen LogP contribution in [0.15, 0.2) is 54.1 Å². The Morgan fingerprint density at radius 1 is 1.03 bits per heavy atom. The number of halogens is 2. The lowest BCUT2D eigenvalue weighted by Crippen LogP contribution is -2.31. The number of hydrogen-bond donors (Lipinski definition) is 1. The molecule has 1 heterocycles. The van der Waals surface area contributed by atoms with Crippen molar-refractivity contribution in [2.45, 2.75) is 19.8 Å². The van der Waals surface area contributed by atoms with Crippen LogP contribution in [0.5, 0.6) is 0 Å². The van der Waals surface area contributed by atoms with Crippen molar-refractivity contribution in [1.82, 2.24) is 0 Å². The Balaban J connectivity index is 1.57. The number of fused-ring (bicyclic) bond motifs is 1. The molecule has 4 rings (SSSR count). The molecule has 3 amide bonds. The summed E-state index contributed by atoms with van der Waals surface area (Å²) < 4.78 is 0. The lowest BCUT2D eigenvalue weighted by atomic mass is 9.82. The van der Waals surface area contributed by atoms with E-state index in [-0.39, 0.29) is 29.6 Å². The van der Waals surface area contributed by atoms with E-state index in [0.717, 1.165) is 5.57 Å². The molecule has 0 radical (unpaired) electrons. The van der Waals surface area contributed by atoms with Crippen molar-refractivity contribution in [1.29, 1.82) is 0 Å². The molecule has 0 aromatic heterocycles. The topological polar surface area (TPSA) is 66.5 Å². The fourth-order valence-corrected chi connectivity index (χ4v) is 4.15. The van der Waals surface area contributed by atoms with Crippen LogP contribution in [0.4, 0.5) is 11.4 Å². The van der Waals surface area contributed by atoms with Gasteiger partial charge in [0.25, 0.3) is 5.91 Å². The van der Waals surface area contributed by atoms with Crippen LogP contribution in [0, 0.1) is 11.8 Å². The highest BCUT2D eigenvalue weighted by Crippen LogP contribution is 2.39. The van der Waals surface area contributed by atoms with Crippen molar-refractivity contribution >= 4 is 52.3 Å². The maximum atomic E-state index is 12.9. The predicted octanol–water partition coefficient (Wildman–Crippen LogP) is 5.09. The standard InChI is InChI=1S/C22H18Cl2N2O3/c1-12-5-7-16-17(9-12)22(29)26(21(16)28)15-4-2-3-13(10-15)20(27)25-14-6-8-18(23)19(24)11-14/h2-6,8,10-11,16-17H,7,9H2,1H3,(H,25,27)/t16-,17-/m0/s1. The van der Waals surface area contributed by atoms with Gasteiger partial charge in [0.2, 0.25) is 11.8 Å². The summed E-state index contributed by atoms with van der Waals surface area (Å²) in [5.41, 5.74) is 2.37. The van der Waals surface area contributed by atoms with Gasteiger partial charge >= 0.3 is 0 Å². The molecule has 5 nitrogen and oxygen atoms in total. The van der Waals surface area contributed by atoms with E-state index in [9.17, 15) is 14.4 Å². The molecule has 1 aliphatic carbocycles. The molecular weight excluding hydrogens is 411 g/mol. The van der Waals surface area contributed by atoms with Gasteiger partial charge in [-0.2, -0.15) is 0 Å². The van der Waals surface area contributed by atoms with Gasteiger partial charge in [-0.25, -0.2) is 0 Å². The Morgan fingerprint density at radius 2 is 1.79 bits per heavy atom. The molecule has 2 aliphatic rings. The quantitative estimate of drug-likeness (QED) is 0.546. The average Bonchev–Trinajstić information content (AvgIpc) is 2.94. The first kappa shape index (κ1) is 19.7. The molecular formula is C22H18Cl2N2O3. The Hall–Kier alpha value is -2.63. The van der Waals surface area contributed by atoms with E-state index in [1.807, 2.05) is 13.0 Å². The fraction of sp³-hybridized carbons (Fsp3) is 0.227.